The topological polar surface area (TPSA) is 79.5 Å². The van der Waals surface area contributed by atoms with Gasteiger partial charge >= 0.3 is 0 Å². The molecular formula is C13H16N4O2. The molecule has 19 heavy (non-hydrogen) atoms. The van der Waals surface area contributed by atoms with Gasteiger partial charge in [-0.25, -0.2) is 9.97 Å². The molecule has 2 unspecified atom stereocenters. The molecule has 0 spiro atoms. The maximum Gasteiger partial charge on any atom is 0.271 e. The summed E-state index contributed by atoms with van der Waals surface area (Å²) in [4.78, 5) is 20.3. The number of imidazole rings is 1. The van der Waals surface area contributed by atoms with Crippen molar-refractivity contribution in [2.24, 2.45) is 0 Å². The Balaban J connectivity index is 1.76. The minimum Gasteiger partial charge on any atom is -0.391 e. The fraction of sp³-hybridized carbons (Fsp3) is 0.462. The highest BCUT2D eigenvalue weighted by Crippen LogP contribution is 2.18. The van der Waals surface area contributed by atoms with Crippen LogP contribution in [0.2, 0.25) is 0 Å². The third kappa shape index (κ3) is 2.44. The summed E-state index contributed by atoms with van der Waals surface area (Å²) in [6, 6.07) is 1.61. The maximum absolute atomic E-state index is 12.1. The zero-order chi connectivity index (χ0) is 13.2. The molecule has 2 aromatic rings. The number of nitrogens with one attached hydrogen (secondary N) is 1. The number of aliphatic hydroxyl groups excluding tert-OH is 1. The van der Waals surface area contributed by atoms with Crippen LogP contribution in [0.15, 0.2) is 24.7 Å². The van der Waals surface area contributed by atoms with E-state index in [9.17, 15) is 9.90 Å². The lowest BCUT2D eigenvalue weighted by Gasteiger charge is -2.27. The van der Waals surface area contributed by atoms with Gasteiger partial charge in [-0.2, -0.15) is 0 Å². The molecule has 6 nitrogen and oxygen atoms in total. The van der Waals surface area contributed by atoms with Crippen LogP contribution in [-0.4, -0.2) is 37.5 Å². The average Bonchev–Trinajstić information content (AvgIpc) is 2.85. The summed E-state index contributed by atoms with van der Waals surface area (Å²) in [5, 5.41) is 12.7. The second-order valence-corrected chi connectivity index (χ2v) is 4.88. The van der Waals surface area contributed by atoms with Crippen LogP contribution in [0.25, 0.3) is 5.78 Å². The first-order chi connectivity index (χ1) is 9.24. The normalized spacial score (nSPS) is 23.4. The largest absolute Gasteiger partial charge is 0.391 e. The molecular weight excluding hydrogens is 244 g/mol. The summed E-state index contributed by atoms with van der Waals surface area (Å²) in [6.45, 7) is 0. The molecule has 2 N–H and O–H groups in total. The molecule has 0 saturated heterocycles. The number of nitrogens with zero attached hydrogens (tertiary/aromatic N) is 3. The molecule has 0 bridgehead atoms. The van der Waals surface area contributed by atoms with E-state index in [4.69, 9.17) is 0 Å². The fourth-order valence-corrected chi connectivity index (χ4v) is 2.46. The lowest BCUT2D eigenvalue weighted by molar-refractivity contribution is 0.0714. The highest BCUT2D eigenvalue weighted by Gasteiger charge is 2.25. The van der Waals surface area contributed by atoms with Crippen LogP contribution in [0.5, 0.6) is 0 Å². The average molecular weight is 260 g/mol. The number of amides is 1. The van der Waals surface area contributed by atoms with Crippen molar-refractivity contribution in [2.75, 3.05) is 0 Å². The summed E-state index contributed by atoms with van der Waals surface area (Å²) >= 11 is 0. The third-order valence-corrected chi connectivity index (χ3v) is 3.51. The first-order valence-corrected chi connectivity index (χ1v) is 6.53. The Morgan fingerprint density at radius 1 is 1.42 bits per heavy atom. The highest BCUT2D eigenvalue weighted by molar-refractivity contribution is 5.92. The standard InChI is InChI=1S/C13H16N4O2/c18-11-5-2-1-4-9(11)15-12(19)10-8-17-7-3-6-14-13(17)16-10/h3,6-9,11,18H,1-2,4-5H2,(H,15,19). The van der Waals surface area contributed by atoms with E-state index in [1.165, 1.54) is 0 Å². The highest BCUT2D eigenvalue weighted by atomic mass is 16.3. The predicted molar refractivity (Wildman–Crippen MR) is 68.7 cm³/mol. The van der Waals surface area contributed by atoms with Gasteiger partial charge in [0.15, 0.2) is 0 Å². The lowest BCUT2D eigenvalue weighted by Crippen LogP contribution is -2.45. The minimum absolute atomic E-state index is 0.168. The number of hydrogen-bond acceptors (Lipinski definition) is 4. The number of aliphatic hydroxyl groups is 1. The van der Waals surface area contributed by atoms with Crippen molar-refractivity contribution in [2.45, 2.75) is 37.8 Å². The number of hydrogen-bond donors (Lipinski definition) is 2. The molecule has 3 rings (SSSR count). The first kappa shape index (κ1) is 12.1. The fourth-order valence-electron chi connectivity index (χ4n) is 2.46. The van der Waals surface area contributed by atoms with Gasteiger partial charge in [-0.05, 0) is 18.9 Å². The van der Waals surface area contributed by atoms with Gasteiger partial charge < -0.3 is 10.4 Å². The van der Waals surface area contributed by atoms with Crippen molar-refractivity contribution in [3.8, 4) is 0 Å². The SMILES string of the molecule is O=C(NC1CCCCC1O)c1cn2cccnc2n1. The minimum atomic E-state index is -0.451. The number of aromatic nitrogens is 3. The molecule has 100 valence electrons. The molecule has 0 radical (unpaired) electrons. The van der Waals surface area contributed by atoms with Gasteiger partial charge in [0.05, 0.1) is 12.1 Å². The molecule has 0 aromatic carbocycles. The Morgan fingerprint density at radius 2 is 2.26 bits per heavy atom. The Hall–Kier alpha value is -1.95. The van der Waals surface area contributed by atoms with Crippen molar-refractivity contribution >= 4 is 11.7 Å². The molecule has 1 fully saturated rings. The number of carbonyl (C=O) groups is 1. The van der Waals surface area contributed by atoms with Crippen molar-refractivity contribution in [3.05, 3.63) is 30.4 Å². The Kier molecular flexibility index (Phi) is 3.16. The zero-order valence-electron chi connectivity index (χ0n) is 10.5. The molecule has 0 aliphatic heterocycles. The summed E-state index contributed by atoms with van der Waals surface area (Å²) < 4.78 is 1.70. The molecule has 1 amide bonds. The molecule has 1 aliphatic rings. The van der Waals surface area contributed by atoms with Gasteiger partial charge in [-0.15, -0.1) is 0 Å². The maximum atomic E-state index is 12.1. The zero-order valence-corrected chi connectivity index (χ0v) is 10.5. The van der Waals surface area contributed by atoms with E-state index >= 15 is 0 Å². The number of rotatable bonds is 2. The van der Waals surface area contributed by atoms with Gasteiger partial charge in [0.25, 0.3) is 5.91 Å². The molecule has 6 heteroatoms. The Bertz CT molecular complexity index is 562. The molecule has 1 aliphatic carbocycles. The van der Waals surface area contributed by atoms with E-state index in [1.807, 2.05) is 0 Å². The van der Waals surface area contributed by atoms with E-state index in [0.717, 1.165) is 25.7 Å². The van der Waals surface area contributed by atoms with Crippen LogP contribution in [-0.2, 0) is 0 Å². The van der Waals surface area contributed by atoms with Gasteiger partial charge in [0, 0.05) is 18.6 Å². The van der Waals surface area contributed by atoms with Crippen molar-refractivity contribution in [3.63, 3.8) is 0 Å². The van der Waals surface area contributed by atoms with Crippen molar-refractivity contribution < 1.29 is 9.90 Å². The van der Waals surface area contributed by atoms with E-state index < -0.39 is 6.10 Å². The van der Waals surface area contributed by atoms with Gasteiger partial charge in [0.2, 0.25) is 5.78 Å². The second kappa shape index (κ2) is 4.97. The number of fused-ring (bicyclic) bond motifs is 1. The predicted octanol–water partition coefficient (Wildman–Crippen LogP) is 0.763. The first-order valence-electron chi connectivity index (χ1n) is 6.53. The van der Waals surface area contributed by atoms with Crippen LogP contribution in [0.1, 0.15) is 36.2 Å². The van der Waals surface area contributed by atoms with Crippen molar-refractivity contribution in [1.29, 1.82) is 0 Å². The van der Waals surface area contributed by atoms with Crippen LogP contribution >= 0.6 is 0 Å². The summed E-state index contributed by atoms with van der Waals surface area (Å²) in [5.74, 6) is 0.244. The Labute approximate surface area is 110 Å². The van der Waals surface area contributed by atoms with Gasteiger partial charge in [-0.3, -0.25) is 9.20 Å². The van der Waals surface area contributed by atoms with E-state index in [2.05, 4.69) is 15.3 Å². The van der Waals surface area contributed by atoms with Gasteiger partial charge in [0.1, 0.15) is 5.69 Å². The summed E-state index contributed by atoms with van der Waals surface area (Å²) in [6.07, 6.45) is 8.24. The summed E-state index contributed by atoms with van der Waals surface area (Å²) in [7, 11) is 0. The molecule has 1 saturated carbocycles. The Morgan fingerprint density at radius 3 is 3.05 bits per heavy atom. The molecule has 2 atom stereocenters. The second-order valence-electron chi connectivity index (χ2n) is 4.88. The van der Waals surface area contributed by atoms with Crippen LogP contribution in [0.4, 0.5) is 0 Å². The molecule has 2 heterocycles. The van der Waals surface area contributed by atoms with Crippen LogP contribution < -0.4 is 5.32 Å². The molecule has 2 aromatic heterocycles. The summed E-state index contributed by atoms with van der Waals surface area (Å²) in [5.41, 5.74) is 0.330. The van der Waals surface area contributed by atoms with E-state index in [-0.39, 0.29) is 11.9 Å². The van der Waals surface area contributed by atoms with E-state index in [1.54, 1.807) is 29.1 Å². The third-order valence-electron chi connectivity index (χ3n) is 3.51. The van der Waals surface area contributed by atoms with E-state index in [0.29, 0.717) is 11.5 Å². The number of carbonyl (C=O) groups excluding carboxylic acids is 1. The lowest BCUT2D eigenvalue weighted by atomic mass is 9.92. The van der Waals surface area contributed by atoms with Crippen molar-refractivity contribution in [1.82, 2.24) is 19.7 Å². The van der Waals surface area contributed by atoms with Crippen LogP contribution in [0, 0.1) is 0 Å². The smallest absolute Gasteiger partial charge is 0.271 e. The quantitative estimate of drug-likeness (QED) is 0.835. The van der Waals surface area contributed by atoms with Gasteiger partial charge in [-0.1, -0.05) is 12.8 Å². The monoisotopic (exact) mass is 260 g/mol. The van der Waals surface area contributed by atoms with Crippen LogP contribution in [0.3, 0.4) is 0 Å².